The van der Waals surface area contributed by atoms with E-state index in [1.165, 1.54) is 0 Å². The Morgan fingerprint density at radius 1 is 1.89 bits per heavy atom. The number of hydrogen-bond donors (Lipinski definition) is 2. The largest absolute Gasteiger partial charge is 0.480 e. The Bertz CT molecular complexity index is 146. The first-order valence-electron chi connectivity index (χ1n) is 3.10. The molecule has 3 nitrogen and oxygen atoms in total. The van der Waals surface area contributed by atoms with Crippen LogP contribution in [0, 0.1) is 0 Å². The maximum absolute atomic E-state index is 10.3. The predicted octanol–water partition coefficient (Wildman–Crippen LogP) is 0.211. The van der Waals surface area contributed by atoms with Crippen LogP contribution in [0.2, 0.25) is 0 Å². The van der Waals surface area contributed by atoms with Crippen molar-refractivity contribution in [1.29, 1.82) is 0 Å². The zero-order chi connectivity index (χ0) is 7.07. The van der Waals surface area contributed by atoms with E-state index in [-0.39, 0.29) is 11.6 Å². The van der Waals surface area contributed by atoms with Crippen LogP contribution in [0.4, 0.5) is 0 Å². The van der Waals surface area contributed by atoms with Crippen LogP contribution >= 0.6 is 0 Å². The molecule has 2 atom stereocenters. The first-order valence-corrected chi connectivity index (χ1v) is 3.10. The number of rotatable bonds is 2. The molecule has 1 aliphatic heterocycles. The average Bonchev–Trinajstić information content (AvgIpc) is 2.44. The highest BCUT2D eigenvalue weighted by Crippen LogP contribution is 2.28. The Kier molecular flexibility index (Phi) is 1.24. The van der Waals surface area contributed by atoms with Gasteiger partial charge < -0.3 is 5.11 Å². The SMILES string of the molecule is CCC1(C)NC1C(=O)O. The molecular weight excluding hydrogens is 118 g/mol. The van der Waals surface area contributed by atoms with Crippen molar-refractivity contribution in [2.75, 3.05) is 0 Å². The summed E-state index contributed by atoms with van der Waals surface area (Å²) in [6.45, 7) is 3.90. The lowest BCUT2D eigenvalue weighted by Crippen LogP contribution is -2.15. The molecule has 2 N–H and O–H groups in total. The second kappa shape index (κ2) is 1.70. The van der Waals surface area contributed by atoms with E-state index < -0.39 is 5.97 Å². The second-order valence-electron chi connectivity index (χ2n) is 2.69. The molecule has 0 aromatic heterocycles. The Hall–Kier alpha value is -0.570. The van der Waals surface area contributed by atoms with Gasteiger partial charge in [0.15, 0.2) is 0 Å². The normalized spacial score (nSPS) is 40.4. The van der Waals surface area contributed by atoms with Crippen LogP contribution in [-0.4, -0.2) is 22.7 Å². The molecule has 1 aliphatic rings. The van der Waals surface area contributed by atoms with Crippen molar-refractivity contribution in [2.45, 2.75) is 31.8 Å². The zero-order valence-corrected chi connectivity index (χ0v) is 5.64. The van der Waals surface area contributed by atoms with Gasteiger partial charge in [-0.25, -0.2) is 0 Å². The van der Waals surface area contributed by atoms with Crippen LogP contribution in [0.5, 0.6) is 0 Å². The molecule has 1 heterocycles. The van der Waals surface area contributed by atoms with Gasteiger partial charge in [-0.2, -0.15) is 0 Å². The fourth-order valence-corrected chi connectivity index (χ4v) is 0.929. The fraction of sp³-hybridized carbons (Fsp3) is 0.833. The van der Waals surface area contributed by atoms with Gasteiger partial charge in [-0.15, -0.1) is 0 Å². The topological polar surface area (TPSA) is 59.2 Å². The molecule has 0 aliphatic carbocycles. The lowest BCUT2D eigenvalue weighted by atomic mass is 10.1. The standard InChI is InChI=1S/C6H11NO2/c1-3-6(2)4(7-6)5(8)9/h4,7H,3H2,1-2H3,(H,8,9). The predicted molar refractivity (Wildman–Crippen MR) is 33.3 cm³/mol. The third kappa shape index (κ3) is 0.920. The minimum absolute atomic E-state index is 0.119. The van der Waals surface area contributed by atoms with E-state index in [1.54, 1.807) is 0 Å². The summed E-state index contributed by atoms with van der Waals surface area (Å²) in [5, 5.41) is 11.4. The Morgan fingerprint density at radius 2 is 2.44 bits per heavy atom. The minimum atomic E-state index is -0.737. The second-order valence-corrected chi connectivity index (χ2v) is 2.69. The fourth-order valence-electron chi connectivity index (χ4n) is 0.929. The summed E-state index contributed by atoms with van der Waals surface area (Å²) in [5.41, 5.74) is -0.119. The third-order valence-corrected chi connectivity index (χ3v) is 2.01. The van der Waals surface area contributed by atoms with Crippen molar-refractivity contribution in [3.63, 3.8) is 0 Å². The van der Waals surface area contributed by atoms with Crippen molar-refractivity contribution >= 4 is 5.97 Å². The quantitative estimate of drug-likeness (QED) is 0.524. The van der Waals surface area contributed by atoms with Crippen LogP contribution in [0.3, 0.4) is 0 Å². The maximum atomic E-state index is 10.3. The van der Waals surface area contributed by atoms with Crippen LogP contribution in [0.15, 0.2) is 0 Å². The molecule has 0 aromatic carbocycles. The number of aliphatic carboxylic acids is 1. The van der Waals surface area contributed by atoms with Crippen LogP contribution in [0.25, 0.3) is 0 Å². The smallest absolute Gasteiger partial charge is 0.322 e. The first kappa shape index (κ1) is 6.55. The number of carbonyl (C=O) groups is 1. The molecule has 1 fully saturated rings. The summed E-state index contributed by atoms with van der Waals surface area (Å²) in [6, 6.07) is -0.303. The van der Waals surface area contributed by atoms with Crippen LogP contribution < -0.4 is 5.32 Å². The molecule has 1 rings (SSSR count). The lowest BCUT2D eigenvalue weighted by molar-refractivity contribution is -0.136. The lowest BCUT2D eigenvalue weighted by Gasteiger charge is -1.98. The summed E-state index contributed by atoms with van der Waals surface area (Å²) < 4.78 is 0. The van der Waals surface area contributed by atoms with Gasteiger partial charge in [0.05, 0.1) is 0 Å². The molecule has 52 valence electrons. The van der Waals surface area contributed by atoms with Crippen LogP contribution in [-0.2, 0) is 4.79 Å². The average molecular weight is 129 g/mol. The Morgan fingerprint density at radius 3 is 2.56 bits per heavy atom. The summed E-state index contributed by atoms with van der Waals surface area (Å²) >= 11 is 0. The third-order valence-electron chi connectivity index (χ3n) is 2.01. The summed E-state index contributed by atoms with van der Waals surface area (Å²) in [6.07, 6.45) is 0.879. The molecule has 0 aromatic rings. The first-order chi connectivity index (χ1) is 4.10. The van der Waals surface area contributed by atoms with Crippen LogP contribution in [0.1, 0.15) is 20.3 Å². The maximum Gasteiger partial charge on any atom is 0.322 e. The number of carboxylic acid groups (broad SMARTS) is 1. The number of nitrogens with one attached hydrogen (secondary N) is 1. The molecular formula is C6H11NO2. The van der Waals surface area contributed by atoms with Crippen molar-refractivity contribution in [2.24, 2.45) is 0 Å². The van der Waals surface area contributed by atoms with Gasteiger partial charge >= 0.3 is 5.97 Å². The van der Waals surface area contributed by atoms with Gasteiger partial charge in [0, 0.05) is 5.54 Å². The molecule has 0 amide bonds. The van der Waals surface area contributed by atoms with Crippen molar-refractivity contribution < 1.29 is 9.90 Å². The Labute approximate surface area is 54.1 Å². The highest BCUT2D eigenvalue weighted by molar-refractivity contribution is 5.79. The van der Waals surface area contributed by atoms with Crippen molar-refractivity contribution in [3.8, 4) is 0 Å². The monoisotopic (exact) mass is 129 g/mol. The zero-order valence-electron chi connectivity index (χ0n) is 5.64. The molecule has 1 saturated heterocycles. The summed E-state index contributed by atoms with van der Waals surface area (Å²) in [4.78, 5) is 10.3. The molecule has 3 heteroatoms. The van der Waals surface area contributed by atoms with E-state index >= 15 is 0 Å². The Balaban J connectivity index is 2.48. The molecule has 0 spiro atoms. The van der Waals surface area contributed by atoms with Crippen molar-refractivity contribution in [3.05, 3.63) is 0 Å². The van der Waals surface area contributed by atoms with E-state index in [0.717, 1.165) is 6.42 Å². The van der Waals surface area contributed by atoms with Gasteiger partial charge in [-0.3, -0.25) is 10.1 Å². The minimum Gasteiger partial charge on any atom is -0.480 e. The van der Waals surface area contributed by atoms with Gasteiger partial charge in [0.1, 0.15) is 6.04 Å². The molecule has 0 saturated carbocycles. The summed E-state index contributed by atoms with van der Waals surface area (Å²) in [7, 11) is 0. The number of hydrogen-bond acceptors (Lipinski definition) is 2. The van der Waals surface area contributed by atoms with Gasteiger partial charge in [-0.1, -0.05) is 6.92 Å². The molecule has 2 unspecified atom stereocenters. The molecule has 0 radical (unpaired) electrons. The van der Waals surface area contributed by atoms with E-state index in [0.29, 0.717) is 0 Å². The molecule has 9 heavy (non-hydrogen) atoms. The van der Waals surface area contributed by atoms with Gasteiger partial charge in [-0.05, 0) is 13.3 Å². The van der Waals surface area contributed by atoms with Gasteiger partial charge in [0.2, 0.25) is 0 Å². The van der Waals surface area contributed by atoms with E-state index in [1.807, 2.05) is 13.8 Å². The molecule has 0 bridgehead atoms. The van der Waals surface area contributed by atoms with E-state index in [2.05, 4.69) is 5.32 Å². The highest BCUT2D eigenvalue weighted by Gasteiger charge is 2.52. The number of carboxylic acids is 1. The van der Waals surface area contributed by atoms with Crippen molar-refractivity contribution in [1.82, 2.24) is 5.32 Å². The van der Waals surface area contributed by atoms with E-state index in [4.69, 9.17) is 5.11 Å². The van der Waals surface area contributed by atoms with Gasteiger partial charge in [0.25, 0.3) is 0 Å². The van der Waals surface area contributed by atoms with E-state index in [9.17, 15) is 4.79 Å². The highest BCUT2D eigenvalue weighted by atomic mass is 16.4. The summed E-state index contributed by atoms with van der Waals surface area (Å²) in [5.74, 6) is -0.737.